The summed E-state index contributed by atoms with van der Waals surface area (Å²) in [6, 6.07) is 18.6. The standard InChI is InChI=1S/C25H22FN5S/c1-17-22-24(28-16-29-25(22)32-23(17)19-5-3-2-4-6-19)31-13-11-30(12-14-31)21(15-27)18-7-9-20(26)10-8-18/h2-10,16,21H,11-14H2,1H3/t21-/m1/s1. The van der Waals surface area contributed by atoms with Crippen LogP contribution in [0.5, 0.6) is 0 Å². The third kappa shape index (κ3) is 3.72. The second kappa shape index (κ2) is 8.65. The minimum Gasteiger partial charge on any atom is -0.353 e. The van der Waals surface area contributed by atoms with Crippen LogP contribution in [0.4, 0.5) is 10.2 Å². The molecule has 0 aliphatic carbocycles. The molecule has 1 aliphatic heterocycles. The van der Waals surface area contributed by atoms with Gasteiger partial charge in [-0.05, 0) is 35.7 Å². The quantitative estimate of drug-likeness (QED) is 0.434. The van der Waals surface area contributed by atoms with Gasteiger partial charge < -0.3 is 4.90 Å². The van der Waals surface area contributed by atoms with Crippen LogP contribution in [-0.4, -0.2) is 41.0 Å². The highest BCUT2D eigenvalue weighted by atomic mass is 32.1. The number of halogens is 1. The average Bonchev–Trinajstić information content (AvgIpc) is 3.18. The Morgan fingerprint density at radius 1 is 1.00 bits per heavy atom. The summed E-state index contributed by atoms with van der Waals surface area (Å²) in [7, 11) is 0. The molecule has 7 heteroatoms. The molecule has 4 aromatic rings. The Morgan fingerprint density at radius 2 is 1.72 bits per heavy atom. The van der Waals surface area contributed by atoms with Gasteiger partial charge in [0.2, 0.25) is 0 Å². The van der Waals surface area contributed by atoms with Crippen molar-refractivity contribution in [1.29, 1.82) is 5.26 Å². The Kier molecular flexibility index (Phi) is 5.56. The smallest absolute Gasteiger partial charge is 0.141 e. The number of aromatic nitrogens is 2. The fourth-order valence-corrected chi connectivity index (χ4v) is 5.51. The van der Waals surface area contributed by atoms with E-state index in [0.717, 1.165) is 47.8 Å². The third-order valence-electron chi connectivity index (χ3n) is 6.03. The molecule has 1 aliphatic rings. The Balaban J connectivity index is 1.40. The van der Waals surface area contributed by atoms with E-state index in [-0.39, 0.29) is 11.9 Å². The molecule has 3 heterocycles. The highest BCUT2D eigenvalue weighted by Gasteiger charge is 2.27. The summed E-state index contributed by atoms with van der Waals surface area (Å²) in [4.78, 5) is 15.9. The van der Waals surface area contributed by atoms with Crippen LogP contribution in [0.25, 0.3) is 20.7 Å². The molecule has 1 atom stereocenters. The van der Waals surface area contributed by atoms with E-state index in [9.17, 15) is 9.65 Å². The van der Waals surface area contributed by atoms with Gasteiger partial charge in [-0.25, -0.2) is 14.4 Å². The number of hydrogen-bond acceptors (Lipinski definition) is 6. The first-order chi connectivity index (χ1) is 15.7. The Hall–Kier alpha value is -3.34. The minimum absolute atomic E-state index is 0.288. The van der Waals surface area contributed by atoms with E-state index in [1.807, 2.05) is 6.07 Å². The number of anilines is 1. The van der Waals surface area contributed by atoms with Gasteiger partial charge in [-0.15, -0.1) is 11.3 Å². The van der Waals surface area contributed by atoms with E-state index in [0.29, 0.717) is 0 Å². The van der Waals surface area contributed by atoms with Crippen LogP contribution in [0.1, 0.15) is 17.2 Å². The molecule has 5 nitrogen and oxygen atoms in total. The highest BCUT2D eigenvalue weighted by Crippen LogP contribution is 2.40. The van der Waals surface area contributed by atoms with Crippen molar-refractivity contribution in [2.24, 2.45) is 0 Å². The summed E-state index contributed by atoms with van der Waals surface area (Å²) < 4.78 is 13.3. The van der Waals surface area contributed by atoms with Crippen molar-refractivity contribution >= 4 is 27.4 Å². The van der Waals surface area contributed by atoms with E-state index >= 15 is 0 Å². The lowest BCUT2D eigenvalue weighted by Crippen LogP contribution is -2.47. The van der Waals surface area contributed by atoms with Crippen LogP contribution < -0.4 is 4.90 Å². The van der Waals surface area contributed by atoms with Gasteiger partial charge >= 0.3 is 0 Å². The van der Waals surface area contributed by atoms with Gasteiger partial charge in [0.05, 0.1) is 11.5 Å². The molecule has 2 aromatic carbocycles. The molecule has 1 fully saturated rings. The minimum atomic E-state index is -0.379. The molecule has 32 heavy (non-hydrogen) atoms. The van der Waals surface area contributed by atoms with E-state index < -0.39 is 0 Å². The maximum atomic E-state index is 13.3. The predicted octanol–water partition coefficient (Wildman–Crippen LogP) is 5.19. The second-order valence-corrected chi connectivity index (χ2v) is 8.90. The van der Waals surface area contributed by atoms with Crippen LogP contribution in [-0.2, 0) is 0 Å². The lowest BCUT2D eigenvalue weighted by Gasteiger charge is -2.37. The van der Waals surface area contributed by atoms with Gasteiger partial charge in [-0.3, -0.25) is 4.90 Å². The molecule has 5 rings (SSSR count). The maximum absolute atomic E-state index is 13.3. The molecule has 0 bridgehead atoms. The van der Waals surface area contributed by atoms with Crippen molar-refractivity contribution in [3.05, 3.63) is 77.9 Å². The topological polar surface area (TPSA) is 56.1 Å². The predicted molar refractivity (Wildman–Crippen MR) is 126 cm³/mol. The van der Waals surface area contributed by atoms with Crippen LogP contribution in [0.15, 0.2) is 60.9 Å². The van der Waals surface area contributed by atoms with Crippen LogP contribution in [0, 0.1) is 24.1 Å². The number of rotatable bonds is 4. The lowest BCUT2D eigenvalue weighted by molar-refractivity contribution is 0.222. The molecule has 0 radical (unpaired) electrons. The monoisotopic (exact) mass is 443 g/mol. The highest BCUT2D eigenvalue weighted by molar-refractivity contribution is 7.22. The fraction of sp³-hybridized carbons (Fsp3) is 0.240. The van der Waals surface area contributed by atoms with Crippen LogP contribution in [0.3, 0.4) is 0 Å². The Labute approximate surface area is 190 Å². The molecular formula is C25H22FN5S. The summed E-state index contributed by atoms with van der Waals surface area (Å²) in [5.74, 6) is 0.671. The summed E-state index contributed by atoms with van der Waals surface area (Å²) in [5.41, 5.74) is 3.23. The summed E-state index contributed by atoms with van der Waals surface area (Å²) in [6.07, 6.45) is 1.64. The number of hydrogen-bond donors (Lipinski definition) is 0. The maximum Gasteiger partial charge on any atom is 0.141 e. The molecule has 0 spiro atoms. The van der Waals surface area contributed by atoms with Gasteiger partial charge in [0, 0.05) is 31.1 Å². The number of nitrogens with zero attached hydrogens (tertiary/aromatic N) is 5. The molecule has 0 unspecified atom stereocenters. The third-order valence-corrected chi connectivity index (χ3v) is 7.28. The molecule has 0 amide bonds. The number of piperazine rings is 1. The zero-order valence-electron chi connectivity index (χ0n) is 17.7. The van der Waals surface area contributed by atoms with Gasteiger partial charge in [0.15, 0.2) is 0 Å². The SMILES string of the molecule is Cc1c(-c2ccccc2)sc2ncnc(N3CCN([C@H](C#N)c4ccc(F)cc4)CC3)c12. The van der Waals surface area contributed by atoms with Crippen molar-refractivity contribution in [3.63, 3.8) is 0 Å². The summed E-state index contributed by atoms with van der Waals surface area (Å²) in [5, 5.41) is 10.9. The van der Waals surface area contributed by atoms with E-state index in [1.165, 1.54) is 28.1 Å². The first-order valence-corrected chi connectivity index (χ1v) is 11.4. The van der Waals surface area contributed by atoms with Crippen molar-refractivity contribution in [2.75, 3.05) is 31.1 Å². The Bertz CT molecular complexity index is 1270. The van der Waals surface area contributed by atoms with E-state index in [1.54, 1.807) is 29.8 Å². The first-order valence-electron chi connectivity index (χ1n) is 10.6. The van der Waals surface area contributed by atoms with Crippen molar-refractivity contribution in [2.45, 2.75) is 13.0 Å². The first kappa shape index (κ1) is 20.6. The van der Waals surface area contributed by atoms with Gasteiger partial charge in [-0.1, -0.05) is 42.5 Å². The zero-order valence-corrected chi connectivity index (χ0v) is 18.5. The Morgan fingerprint density at radius 3 is 2.41 bits per heavy atom. The van der Waals surface area contributed by atoms with Crippen molar-refractivity contribution in [3.8, 4) is 16.5 Å². The number of nitriles is 1. The summed E-state index contributed by atoms with van der Waals surface area (Å²) in [6.45, 7) is 5.14. The normalized spacial score (nSPS) is 15.6. The average molecular weight is 444 g/mol. The molecule has 2 aromatic heterocycles. The molecule has 0 N–H and O–H groups in total. The van der Waals surface area contributed by atoms with E-state index in [2.05, 4.69) is 57.0 Å². The number of aryl methyl sites for hydroxylation is 1. The van der Waals surface area contributed by atoms with E-state index in [4.69, 9.17) is 0 Å². The molecule has 160 valence electrons. The molecule has 1 saturated heterocycles. The second-order valence-electron chi connectivity index (χ2n) is 7.91. The largest absolute Gasteiger partial charge is 0.353 e. The molecule has 0 saturated carbocycles. The number of fused-ring (bicyclic) bond motifs is 1. The van der Waals surface area contributed by atoms with Crippen molar-refractivity contribution < 1.29 is 4.39 Å². The van der Waals surface area contributed by atoms with Gasteiger partial charge in [0.1, 0.15) is 28.8 Å². The molecular weight excluding hydrogens is 421 g/mol. The zero-order chi connectivity index (χ0) is 22.1. The van der Waals surface area contributed by atoms with Crippen LogP contribution in [0.2, 0.25) is 0 Å². The number of thiophene rings is 1. The fourth-order valence-electron chi connectivity index (χ4n) is 4.36. The van der Waals surface area contributed by atoms with Crippen LogP contribution >= 0.6 is 11.3 Å². The summed E-state index contributed by atoms with van der Waals surface area (Å²) >= 11 is 1.70. The van der Waals surface area contributed by atoms with Crippen molar-refractivity contribution in [1.82, 2.24) is 14.9 Å². The number of benzene rings is 2. The van der Waals surface area contributed by atoms with Gasteiger partial charge in [0.25, 0.3) is 0 Å². The lowest BCUT2D eigenvalue weighted by atomic mass is 10.1. The van der Waals surface area contributed by atoms with Gasteiger partial charge in [-0.2, -0.15) is 5.26 Å².